The lowest BCUT2D eigenvalue weighted by molar-refractivity contribution is -0.122. The third-order valence-electron chi connectivity index (χ3n) is 4.08. The minimum Gasteiger partial charge on any atom is -0.496 e. The van der Waals surface area contributed by atoms with Crippen molar-refractivity contribution < 1.29 is 9.53 Å². The molecule has 1 N–H and O–H groups in total. The van der Waals surface area contributed by atoms with Gasteiger partial charge in [0.25, 0.3) is 0 Å². The zero-order valence-electron chi connectivity index (χ0n) is 14.2. The number of methoxy groups -OCH3 is 1. The summed E-state index contributed by atoms with van der Waals surface area (Å²) in [4.78, 5) is 12.2. The van der Waals surface area contributed by atoms with E-state index in [0.29, 0.717) is 12.3 Å². The number of ether oxygens (including phenoxy) is 1. The van der Waals surface area contributed by atoms with Crippen molar-refractivity contribution in [1.29, 1.82) is 0 Å². The average molecular weight is 291 g/mol. The molecule has 0 spiro atoms. The van der Waals surface area contributed by atoms with Crippen molar-refractivity contribution in [2.24, 2.45) is 5.92 Å². The van der Waals surface area contributed by atoms with Gasteiger partial charge >= 0.3 is 0 Å². The van der Waals surface area contributed by atoms with Gasteiger partial charge in [-0.3, -0.25) is 4.79 Å². The fraction of sp³-hybridized carbons (Fsp3) is 0.611. The highest BCUT2D eigenvalue weighted by Gasteiger charge is 2.21. The summed E-state index contributed by atoms with van der Waals surface area (Å²) in [5.41, 5.74) is 2.32. The minimum absolute atomic E-state index is 0.136. The van der Waals surface area contributed by atoms with Crippen LogP contribution in [0.1, 0.15) is 57.6 Å². The van der Waals surface area contributed by atoms with Gasteiger partial charge in [-0.2, -0.15) is 0 Å². The van der Waals surface area contributed by atoms with E-state index >= 15 is 0 Å². The number of hydrogen-bond acceptors (Lipinski definition) is 2. The summed E-state index contributed by atoms with van der Waals surface area (Å²) in [6.45, 7) is 10.5. The Morgan fingerprint density at radius 1 is 1.29 bits per heavy atom. The molecular formula is C18H29NO2. The summed E-state index contributed by atoms with van der Waals surface area (Å²) >= 11 is 0. The molecule has 1 aromatic rings. The van der Waals surface area contributed by atoms with Gasteiger partial charge in [0.15, 0.2) is 0 Å². The molecule has 0 aromatic heterocycles. The van der Waals surface area contributed by atoms with E-state index in [2.05, 4.69) is 38.2 Å². The molecule has 0 aliphatic carbocycles. The second kappa shape index (κ2) is 8.06. The van der Waals surface area contributed by atoms with E-state index in [-0.39, 0.29) is 17.9 Å². The van der Waals surface area contributed by atoms with Gasteiger partial charge in [0, 0.05) is 12.5 Å². The van der Waals surface area contributed by atoms with Crippen LogP contribution in [-0.2, 0) is 4.79 Å². The molecule has 0 bridgehead atoms. The second-order valence-corrected chi connectivity index (χ2v) is 6.16. The van der Waals surface area contributed by atoms with Crippen LogP contribution >= 0.6 is 0 Å². The molecule has 2 unspecified atom stereocenters. The summed E-state index contributed by atoms with van der Waals surface area (Å²) in [5, 5.41) is 3.06. The molecule has 21 heavy (non-hydrogen) atoms. The van der Waals surface area contributed by atoms with Crippen LogP contribution in [-0.4, -0.2) is 19.1 Å². The third-order valence-corrected chi connectivity index (χ3v) is 4.08. The smallest absolute Gasteiger partial charge is 0.220 e. The molecule has 1 amide bonds. The zero-order valence-corrected chi connectivity index (χ0v) is 14.2. The van der Waals surface area contributed by atoms with Crippen LogP contribution in [0.4, 0.5) is 0 Å². The lowest BCUT2D eigenvalue weighted by Crippen LogP contribution is -2.33. The normalized spacial score (nSPS) is 13.9. The first kappa shape index (κ1) is 17.5. The maximum absolute atomic E-state index is 12.2. The summed E-state index contributed by atoms with van der Waals surface area (Å²) in [5.74, 6) is 1.68. The van der Waals surface area contributed by atoms with E-state index < -0.39 is 0 Å². The van der Waals surface area contributed by atoms with Crippen LogP contribution in [0.3, 0.4) is 0 Å². The summed E-state index contributed by atoms with van der Waals surface area (Å²) in [7, 11) is 1.68. The Morgan fingerprint density at radius 2 is 1.95 bits per heavy atom. The van der Waals surface area contributed by atoms with Gasteiger partial charge in [-0.1, -0.05) is 32.9 Å². The Labute approximate surface area is 129 Å². The number of nitrogens with one attached hydrogen (secondary N) is 1. The molecule has 0 fully saturated rings. The van der Waals surface area contributed by atoms with Gasteiger partial charge in [-0.25, -0.2) is 0 Å². The van der Waals surface area contributed by atoms with Crippen molar-refractivity contribution in [1.82, 2.24) is 5.32 Å². The number of hydrogen-bond donors (Lipinski definition) is 1. The molecule has 0 saturated heterocycles. The van der Waals surface area contributed by atoms with E-state index in [1.165, 1.54) is 5.56 Å². The van der Waals surface area contributed by atoms with Crippen molar-refractivity contribution in [2.75, 3.05) is 7.11 Å². The molecule has 0 aliphatic heterocycles. The number of carbonyl (C=O) groups excluding carboxylic acids is 1. The van der Waals surface area contributed by atoms with Gasteiger partial charge < -0.3 is 10.1 Å². The van der Waals surface area contributed by atoms with Gasteiger partial charge in [0.1, 0.15) is 5.75 Å². The SMILES string of the molecule is CCC(C)NC(=O)CC(c1ccc(OC)c(C)c1)C(C)C. The highest BCUT2D eigenvalue weighted by atomic mass is 16.5. The molecule has 3 nitrogen and oxygen atoms in total. The van der Waals surface area contributed by atoms with Crippen LogP contribution in [0.2, 0.25) is 0 Å². The molecular weight excluding hydrogens is 262 g/mol. The molecule has 0 aliphatic rings. The van der Waals surface area contributed by atoms with Crippen LogP contribution in [0.15, 0.2) is 18.2 Å². The van der Waals surface area contributed by atoms with Crippen LogP contribution in [0, 0.1) is 12.8 Å². The molecule has 0 radical (unpaired) electrons. The highest BCUT2D eigenvalue weighted by molar-refractivity contribution is 5.77. The molecule has 118 valence electrons. The predicted molar refractivity (Wildman–Crippen MR) is 87.8 cm³/mol. The lowest BCUT2D eigenvalue weighted by atomic mass is 9.84. The Morgan fingerprint density at radius 3 is 2.43 bits per heavy atom. The van der Waals surface area contributed by atoms with Crippen molar-refractivity contribution in [3.8, 4) is 5.75 Å². The monoisotopic (exact) mass is 291 g/mol. The number of carbonyl (C=O) groups is 1. The Hall–Kier alpha value is -1.51. The summed E-state index contributed by atoms with van der Waals surface area (Å²) in [6, 6.07) is 6.45. The zero-order chi connectivity index (χ0) is 16.0. The van der Waals surface area contributed by atoms with Crippen molar-refractivity contribution >= 4 is 5.91 Å². The number of rotatable bonds is 7. The topological polar surface area (TPSA) is 38.3 Å². The first-order valence-corrected chi connectivity index (χ1v) is 7.82. The largest absolute Gasteiger partial charge is 0.496 e. The van der Waals surface area contributed by atoms with Gasteiger partial charge in [-0.05, 0) is 49.3 Å². The van der Waals surface area contributed by atoms with E-state index in [1.54, 1.807) is 7.11 Å². The maximum Gasteiger partial charge on any atom is 0.220 e. The Balaban J connectivity index is 2.87. The second-order valence-electron chi connectivity index (χ2n) is 6.16. The molecule has 1 rings (SSSR count). The molecule has 0 heterocycles. The van der Waals surface area contributed by atoms with Crippen molar-refractivity contribution in [3.63, 3.8) is 0 Å². The van der Waals surface area contributed by atoms with Crippen LogP contribution < -0.4 is 10.1 Å². The van der Waals surface area contributed by atoms with E-state index in [4.69, 9.17) is 4.74 Å². The van der Waals surface area contributed by atoms with E-state index in [0.717, 1.165) is 17.7 Å². The lowest BCUT2D eigenvalue weighted by Gasteiger charge is -2.23. The summed E-state index contributed by atoms with van der Waals surface area (Å²) < 4.78 is 5.31. The minimum atomic E-state index is 0.136. The third kappa shape index (κ3) is 5.07. The molecule has 2 atom stereocenters. The van der Waals surface area contributed by atoms with Gasteiger partial charge in [0.2, 0.25) is 5.91 Å². The Bertz CT molecular complexity index is 468. The molecule has 1 aromatic carbocycles. The average Bonchev–Trinajstić information content (AvgIpc) is 2.44. The molecule has 3 heteroatoms. The van der Waals surface area contributed by atoms with Crippen molar-refractivity contribution in [3.05, 3.63) is 29.3 Å². The van der Waals surface area contributed by atoms with Crippen molar-refractivity contribution in [2.45, 2.75) is 59.4 Å². The van der Waals surface area contributed by atoms with Crippen LogP contribution in [0.5, 0.6) is 5.75 Å². The fourth-order valence-electron chi connectivity index (χ4n) is 2.51. The fourth-order valence-corrected chi connectivity index (χ4v) is 2.51. The van der Waals surface area contributed by atoms with Gasteiger partial charge in [0.05, 0.1) is 7.11 Å². The number of amides is 1. The Kier molecular flexibility index (Phi) is 6.73. The first-order valence-electron chi connectivity index (χ1n) is 7.82. The first-order chi connectivity index (χ1) is 9.88. The predicted octanol–water partition coefficient (Wildman–Crippen LogP) is 4.05. The van der Waals surface area contributed by atoms with Gasteiger partial charge in [-0.15, -0.1) is 0 Å². The standard InChI is InChI=1S/C18H29NO2/c1-7-14(5)19-18(20)11-16(12(2)3)15-8-9-17(21-6)13(4)10-15/h8-10,12,14,16H,7,11H2,1-6H3,(H,19,20). The number of aryl methyl sites for hydroxylation is 1. The van der Waals surface area contributed by atoms with Crippen LogP contribution in [0.25, 0.3) is 0 Å². The maximum atomic E-state index is 12.2. The number of benzene rings is 1. The summed E-state index contributed by atoms with van der Waals surface area (Å²) in [6.07, 6.45) is 1.49. The molecule has 0 saturated carbocycles. The quantitative estimate of drug-likeness (QED) is 0.823. The highest BCUT2D eigenvalue weighted by Crippen LogP contribution is 2.31. The van der Waals surface area contributed by atoms with E-state index in [9.17, 15) is 4.79 Å². The van der Waals surface area contributed by atoms with E-state index in [1.807, 2.05) is 19.9 Å².